The molecule has 0 aromatic rings. The maximum absolute atomic E-state index is 12.3. The van der Waals surface area contributed by atoms with Gasteiger partial charge in [-0.2, -0.15) is 9.52 Å². The lowest BCUT2D eigenvalue weighted by Crippen LogP contribution is -2.51. The summed E-state index contributed by atoms with van der Waals surface area (Å²) >= 11 is 0. The molecule has 1 atom stereocenters. The molecule has 1 unspecified atom stereocenters. The molecule has 1 heterocycles. The number of nitrogens with zero attached hydrogens (tertiary/aromatic N) is 2. The van der Waals surface area contributed by atoms with Crippen LogP contribution < -0.4 is 11.3 Å². The number of rotatable bonds is 4. The van der Waals surface area contributed by atoms with Crippen molar-refractivity contribution in [2.24, 2.45) is 10.2 Å². The molecule has 0 fully saturated rings. The van der Waals surface area contributed by atoms with E-state index in [0.717, 1.165) is 5.12 Å². The van der Waals surface area contributed by atoms with E-state index in [9.17, 15) is 9.00 Å². The number of amides is 1. The highest BCUT2D eigenvalue weighted by Crippen LogP contribution is 2.25. The molecule has 1 aliphatic rings. The van der Waals surface area contributed by atoms with Gasteiger partial charge >= 0.3 is 0 Å². The summed E-state index contributed by atoms with van der Waals surface area (Å²) in [7, 11) is -1.56. The van der Waals surface area contributed by atoms with Crippen LogP contribution in [0.15, 0.2) is 75.6 Å². The van der Waals surface area contributed by atoms with Crippen LogP contribution in [0, 0.1) is 0 Å². The highest BCUT2D eigenvalue weighted by molar-refractivity contribution is 7.88. The molecule has 24 heavy (non-hydrogen) atoms. The Kier molecular flexibility index (Phi) is 7.81. The lowest BCUT2D eigenvalue weighted by atomic mass is 10.2. The minimum Gasteiger partial charge on any atom is -0.267 e. The zero-order valence-corrected chi connectivity index (χ0v) is 14.8. The first kappa shape index (κ1) is 19.5. The average Bonchev–Trinajstić information content (AvgIpc) is 2.87. The van der Waals surface area contributed by atoms with Gasteiger partial charge in [-0.25, -0.2) is 15.5 Å². The van der Waals surface area contributed by atoms with Crippen LogP contribution in [0.4, 0.5) is 0 Å². The standard InChI is InChI=1S/C17H22N4O2S/c1-5-9-12-13(10-6-2)17(22)19-21(18)16-14(11-7-3)15(8-4)24(23)20-16/h5-12H,3,18H2,1-2,4H3,(H,19,22)/b9-5-,10-6-,13-12+,14-11+,15-8+. The Labute approximate surface area is 145 Å². The van der Waals surface area contributed by atoms with E-state index in [1.165, 1.54) is 0 Å². The molecule has 0 saturated heterocycles. The third-order valence-electron chi connectivity index (χ3n) is 2.94. The number of amidine groups is 1. The molecule has 128 valence electrons. The molecule has 0 bridgehead atoms. The Morgan fingerprint density at radius 1 is 1.33 bits per heavy atom. The van der Waals surface area contributed by atoms with Gasteiger partial charge < -0.3 is 0 Å². The summed E-state index contributed by atoms with van der Waals surface area (Å²) in [4.78, 5) is 12.9. The SMILES string of the molecule is C=C/C=C1/C(N(N)NC(=O)C(/C=C\C)=C/C=C\C)=NS(=O)/C1=C/C. The van der Waals surface area contributed by atoms with Crippen molar-refractivity contribution in [2.75, 3.05) is 0 Å². The van der Waals surface area contributed by atoms with Gasteiger partial charge in [0.05, 0.1) is 4.91 Å². The molecule has 7 heteroatoms. The first-order valence-corrected chi connectivity index (χ1v) is 8.42. The van der Waals surface area contributed by atoms with Gasteiger partial charge in [0.1, 0.15) is 0 Å². The van der Waals surface area contributed by atoms with E-state index in [1.807, 2.05) is 19.9 Å². The Bertz CT molecular complexity index is 712. The fourth-order valence-corrected chi connectivity index (χ4v) is 2.89. The molecule has 0 aliphatic carbocycles. The summed E-state index contributed by atoms with van der Waals surface area (Å²) in [5.74, 6) is 5.71. The van der Waals surface area contributed by atoms with Gasteiger partial charge in [0, 0.05) is 11.1 Å². The summed E-state index contributed by atoms with van der Waals surface area (Å²) in [6, 6.07) is 0. The van der Waals surface area contributed by atoms with Crippen LogP contribution in [-0.2, 0) is 15.8 Å². The van der Waals surface area contributed by atoms with E-state index in [0.29, 0.717) is 16.1 Å². The minimum absolute atomic E-state index is 0.209. The van der Waals surface area contributed by atoms with E-state index < -0.39 is 16.9 Å². The first-order chi connectivity index (χ1) is 11.5. The summed E-state index contributed by atoms with van der Waals surface area (Å²) in [5.41, 5.74) is 3.50. The van der Waals surface area contributed by atoms with Gasteiger partial charge in [0.15, 0.2) is 16.8 Å². The lowest BCUT2D eigenvalue weighted by Gasteiger charge is -2.19. The Hall–Kier alpha value is -2.51. The Balaban J connectivity index is 3.06. The number of carbonyl (C=O) groups is 1. The van der Waals surface area contributed by atoms with E-state index in [2.05, 4.69) is 16.4 Å². The largest absolute Gasteiger partial charge is 0.271 e. The predicted molar refractivity (Wildman–Crippen MR) is 99.5 cm³/mol. The Morgan fingerprint density at radius 2 is 2.04 bits per heavy atom. The first-order valence-electron chi connectivity index (χ1n) is 7.31. The minimum atomic E-state index is -1.56. The Morgan fingerprint density at radius 3 is 2.58 bits per heavy atom. The molecular formula is C17H22N4O2S. The second kappa shape index (κ2) is 9.59. The number of hydrogen-bond acceptors (Lipinski definition) is 4. The number of nitrogens with one attached hydrogen (secondary N) is 1. The van der Waals surface area contributed by atoms with Gasteiger partial charge in [-0.3, -0.25) is 4.79 Å². The molecule has 0 aromatic heterocycles. The quantitative estimate of drug-likeness (QED) is 0.354. The van der Waals surface area contributed by atoms with Crippen molar-refractivity contribution in [3.63, 3.8) is 0 Å². The number of hydrogen-bond donors (Lipinski definition) is 2. The van der Waals surface area contributed by atoms with Gasteiger partial charge in [-0.15, -0.1) is 0 Å². The van der Waals surface area contributed by atoms with Crippen molar-refractivity contribution in [3.05, 3.63) is 71.2 Å². The molecule has 0 spiro atoms. The summed E-state index contributed by atoms with van der Waals surface area (Å²) in [6.07, 6.45) is 13.5. The normalized spacial score (nSPS) is 21.8. The topological polar surface area (TPSA) is 87.8 Å². The number of carbonyl (C=O) groups excluding carboxylic acids is 1. The average molecular weight is 346 g/mol. The van der Waals surface area contributed by atoms with Crippen LogP contribution in [0.2, 0.25) is 0 Å². The number of allylic oxidation sites excluding steroid dienone is 7. The van der Waals surface area contributed by atoms with Gasteiger partial charge in [0.25, 0.3) is 5.91 Å². The third kappa shape index (κ3) is 4.74. The van der Waals surface area contributed by atoms with Crippen LogP contribution >= 0.6 is 0 Å². The van der Waals surface area contributed by atoms with Gasteiger partial charge in [-0.1, -0.05) is 49.1 Å². The van der Waals surface area contributed by atoms with Crippen molar-refractivity contribution in [2.45, 2.75) is 20.8 Å². The number of hydrazine groups is 2. The summed E-state index contributed by atoms with van der Waals surface area (Å²) in [5, 5.41) is 0.971. The molecule has 3 N–H and O–H groups in total. The molecule has 0 saturated carbocycles. The predicted octanol–water partition coefficient (Wildman–Crippen LogP) is 2.36. The van der Waals surface area contributed by atoms with E-state index in [4.69, 9.17) is 5.84 Å². The molecule has 6 nitrogen and oxygen atoms in total. The fraction of sp³-hybridized carbons (Fsp3) is 0.176. The molecule has 1 amide bonds. The highest BCUT2D eigenvalue weighted by atomic mass is 32.2. The zero-order valence-electron chi connectivity index (χ0n) is 14.0. The van der Waals surface area contributed by atoms with Gasteiger partial charge in [-0.05, 0) is 26.8 Å². The molecule has 0 radical (unpaired) electrons. The second-order valence-electron chi connectivity index (χ2n) is 4.59. The molecule has 1 aliphatic heterocycles. The monoisotopic (exact) mass is 346 g/mol. The van der Waals surface area contributed by atoms with Crippen molar-refractivity contribution < 1.29 is 9.00 Å². The van der Waals surface area contributed by atoms with Crippen LogP contribution in [0.25, 0.3) is 0 Å². The van der Waals surface area contributed by atoms with Crippen molar-refractivity contribution >= 4 is 22.7 Å². The van der Waals surface area contributed by atoms with Crippen LogP contribution in [-0.4, -0.2) is 21.1 Å². The van der Waals surface area contributed by atoms with E-state index in [-0.39, 0.29) is 5.84 Å². The maximum atomic E-state index is 12.3. The van der Waals surface area contributed by atoms with Crippen LogP contribution in [0.3, 0.4) is 0 Å². The van der Waals surface area contributed by atoms with Crippen molar-refractivity contribution in [3.8, 4) is 0 Å². The molecule has 0 aromatic carbocycles. The van der Waals surface area contributed by atoms with E-state index >= 15 is 0 Å². The van der Waals surface area contributed by atoms with Gasteiger partial charge in [0.2, 0.25) is 0 Å². The van der Waals surface area contributed by atoms with E-state index in [1.54, 1.807) is 49.5 Å². The molecule has 1 rings (SSSR count). The third-order valence-corrected chi connectivity index (χ3v) is 4.11. The smallest absolute Gasteiger partial charge is 0.267 e. The van der Waals surface area contributed by atoms with Crippen molar-refractivity contribution in [1.29, 1.82) is 0 Å². The molecular weight excluding hydrogens is 324 g/mol. The lowest BCUT2D eigenvalue weighted by molar-refractivity contribution is -0.120. The zero-order chi connectivity index (χ0) is 18.1. The second-order valence-corrected chi connectivity index (χ2v) is 5.71. The maximum Gasteiger partial charge on any atom is 0.271 e. The van der Waals surface area contributed by atoms with Crippen molar-refractivity contribution in [1.82, 2.24) is 10.5 Å². The highest BCUT2D eigenvalue weighted by Gasteiger charge is 2.29. The summed E-state index contributed by atoms with van der Waals surface area (Å²) in [6.45, 7) is 9.05. The fourth-order valence-electron chi connectivity index (χ4n) is 1.90. The summed E-state index contributed by atoms with van der Waals surface area (Å²) < 4.78 is 16.0. The van der Waals surface area contributed by atoms with Crippen LogP contribution in [0.5, 0.6) is 0 Å². The number of nitrogens with two attached hydrogens (primary N) is 1. The van der Waals surface area contributed by atoms with Crippen LogP contribution in [0.1, 0.15) is 20.8 Å².